The van der Waals surface area contributed by atoms with Gasteiger partial charge in [-0.05, 0) is 25.7 Å². The summed E-state index contributed by atoms with van der Waals surface area (Å²) in [6, 6.07) is 0. The van der Waals surface area contributed by atoms with Gasteiger partial charge in [0.05, 0.1) is 5.69 Å². The first-order valence-electron chi connectivity index (χ1n) is 5.40. The van der Waals surface area contributed by atoms with E-state index in [0.717, 1.165) is 30.5 Å². The van der Waals surface area contributed by atoms with Crippen molar-refractivity contribution < 1.29 is 0 Å². The van der Waals surface area contributed by atoms with Gasteiger partial charge in [-0.2, -0.15) is 0 Å². The van der Waals surface area contributed by atoms with Crippen LogP contribution in [0, 0.1) is 12.8 Å². The molecule has 1 aromatic rings. The summed E-state index contributed by atoms with van der Waals surface area (Å²) >= 11 is 5.86. The van der Waals surface area contributed by atoms with Crippen LogP contribution in [0.3, 0.4) is 0 Å². The van der Waals surface area contributed by atoms with Gasteiger partial charge in [0.1, 0.15) is 5.82 Å². The molecule has 2 rings (SSSR count). The Morgan fingerprint density at radius 1 is 1.33 bits per heavy atom. The monoisotopic (exact) mass is 225 g/mol. The van der Waals surface area contributed by atoms with E-state index in [1.54, 1.807) is 12.4 Å². The molecule has 15 heavy (non-hydrogen) atoms. The maximum Gasteiger partial charge on any atom is 0.150 e. The SMILES string of the molecule is Cc1nccnc1N1CCC(CCl)CC1. The molecule has 0 bridgehead atoms. The van der Waals surface area contributed by atoms with E-state index in [4.69, 9.17) is 11.6 Å². The van der Waals surface area contributed by atoms with E-state index >= 15 is 0 Å². The molecule has 0 spiro atoms. The second kappa shape index (κ2) is 4.79. The average molecular weight is 226 g/mol. The summed E-state index contributed by atoms with van der Waals surface area (Å²) in [7, 11) is 0. The topological polar surface area (TPSA) is 29.0 Å². The van der Waals surface area contributed by atoms with E-state index < -0.39 is 0 Å². The van der Waals surface area contributed by atoms with Crippen LogP contribution in [-0.2, 0) is 0 Å². The van der Waals surface area contributed by atoms with E-state index in [2.05, 4.69) is 14.9 Å². The molecular weight excluding hydrogens is 210 g/mol. The first kappa shape index (κ1) is 10.7. The first-order chi connectivity index (χ1) is 7.31. The van der Waals surface area contributed by atoms with Crippen LogP contribution in [0.1, 0.15) is 18.5 Å². The molecule has 0 amide bonds. The van der Waals surface area contributed by atoms with Gasteiger partial charge in [0.2, 0.25) is 0 Å². The largest absolute Gasteiger partial charge is 0.355 e. The molecule has 3 nitrogen and oxygen atoms in total. The van der Waals surface area contributed by atoms with Crippen LogP contribution in [0.25, 0.3) is 0 Å². The summed E-state index contributed by atoms with van der Waals surface area (Å²) in [6.07, 6.45) is 5.83. The Bertz CT molecular complexity index is 321. The van der Waals surface area contributed by atoms with Crippen LogP contribution in [-0.4, -0.2) is 28.9 Å². The Kier molecular flexibility index (Phi) is 3.41. The smallest absolute Gasteiger partial charge is 0.150 e. The van der Waals surface area contributed by atoms with Crippen LogP contribution >= 0.6 is 11.6 Å². The van der Waals surface area contributed by atoms with Crippen molar-refractivity contribution in [3.05, 3.63) is 18.1 Å². The number of aryl methyl sites for hydroxylation is 1. The molecule has 4 heteroatoms. The average Bonchev–Trinajstić information content (AvgIpc) is 2.30. The summed E-state index contributed by atoms with van der Waals surface area (Å²) in [5.41, 5.74) is 1.02. The molecule has 82 valence electrons. The zero-order valence-corrected chi connectivity index (χ0v) is 9.74. The van der Waals surface area contributed by atoms with E-state index in [-0.39, 0.29) is 0 Å². The van der Waals surface area contributed by atoms with E-state index in [1.807, 2.05) is 6.92 Å². The van der Waals surface area contributed by atoms with Crippen molar-refractivity contribution in [1.29, 1.82) is 0 Å². The quantitative estimate of drug-likeness (QED) is 0.723. The number of rotatable bonds is 2. The normalized spacial score (nSPS) is 18.1. The van der Waals surface area contributed by atoms with Crippen molar-refractivity contribution in [2.75, 3.05) is 23.9 Å². The molecule has 1 aliphatic rings. The van der Waals surface area contributed by atoms with E-state index in [0.29, 0.717) is 5.92 Å². The summed E-state index contributed by atoms with van der Waals surface area (Å²) in [4.78, 5) is 11.0. The number of hydrogen-bond donors (Lipinski definition) is 0. The number of halogens is 1. The molecule has 0 atom stereocenters. The van der Waals surface area contributed by atoms with Gasteiger partial charge in [0, 0.05) is 31.4 Å². The van der Waals surface area contributed by atoms with Gasteiger partial charge in [-0.15, -0.1) is 11.6 Å². The number of aromatic nitrogens is 2. The lowest BCUT2D eigenvalue weighted by Crippen LogP contribution is -2.35. The van der Waals surface area contributed by atoms with Crippen LogP contribution in [0.4, 0.5) is 5.82 Å². The van der Waals surface area contributed by atoms with Gasteiger partial charge in [-0.1, -0.05) is 0 Å². The third-order valence-electron chi connectivity index (χ3n) is 2.99. The van der Waals surface area contributed by atoms with Crippen molar-refractivity contribution in [2.24, 2.45) is 5.92 Å². The van der Waals surface area contributed by atoms with Gasteiger partial charge in [-0.25, -0.2) is 4.98 Å². The predicted octanol–water partition coefficient (Wildman–Crippen LogP) is 2.24. The Morgan fingerprint density at radius 3 is 2.60 bits per heavy atom. The summed E-state index contributed by atoms with van der Waals surface area (Å²) in [5, 5.41) is 0. The van der Waals surface area contributed by atoms with Crippen LogP contribution in [0.15, 0.2) is 12.4 Å². The van der Waals surface area contributed by atoms with Crippen molar-refractivity contribution in [1.82, 2.24) is 9.97 Å². The van der Waals surface area contributed by atoms with Crippen molar-refractivity contribution >= 4 is 17.4 Å². The molecule has 1 fully saturated rings. The number of anilines is 1. The lowest BCUT2D eigenvalue weighted by Gasteiger charge is -2.32. The van der Waals surface area contributed by atoms with Gasteiger partial charge in [-0.3, -0.25) is 4.98 Å². The zero-order valence-electron chi connectivity index (χ0n) is 8.99. The highest BCUT2D eigenvalue weighted by Crippen LogP contribution is 2.23. The lowest BCUT2D eigenvalue weighted by molar-refractivity contribution is 0.440. The minimum Gasteiger partial charge on any atom is -0.355 e. The molecule has 0 unspecified atom stereocenters. The number of nitrogens with zero attached hydrogens (tertiary/aromatic N) is 3. The van der Waals surface area contributed by atoms with Crippen molar-refractivity contribution in [3.63, 3.8) is 0 Å². The molecule has 0 N–H and O–H groups in total. The molecule has 1 saturated heterocycles. The number of hydrogen-bond acceptors (Lipinski definition) is 3. The van der Waals surface area contributed by atoms with Crippen molar-refractivity contribution in [2.45, 2.75) is 19.8 Å². The van der Waals surface area contributed by atoms with Gasteiger partial charge < -0.3 is 4.90 Å². The summed E-state index contributed by atoms with van der Waals surface area (Å²) in [5.74, 6) is 2.50. The molecule has 0 radical (unpaired) electrons. The Hall–Kier alpha value is -0.830. The second-order valence-electron chi connectivity index (χ2n) is 4.05. The van der Waals surface area contributed by atoms with Crippen LogP contribution in [0.2, 0.25) is 0 Å². The fourth-order valence-corrected chi connectivity index (χ4v) is 2.32. The predicted molar refractivity (Wildman–Crippen MR) is 62.4 cm³/mol. The van der Waals surface area contributed by atoms with Crippen LogP contribution in [0.5, 0.6) is 0 Å². The highest BCUT2D eigenvalue weighted by molar-refractivity contribution is 6.18. The maximum atomic E-state index is 5.86. The molecule has 0 aromatic carbocycles. The van der Waals surface area contributed by atoms with Crippen molar-refractivity contribution in [3.8, 4) is 0 Å². The lowest BCUT2D eigenvalue weighted by atomic mass is 9.99. The minimum atomic E-state index is 0.680. The second-order valence-corrected chi connectivity index (χ2v) is 4.36. The molecule has 1 aliphatic heterocycles. The molecule has 0 aliphatic carbocycles. The Labute approximate surface area is 95.5 Å². The van der Waals surface area contributed by atoms with E-state index in [1.165, 1.54) is 12.8 Å². The highest BCUT2D eigenvalue weighted by Gasteiger charge is 2.20. The molecule has 1 aromatic heterocycles. The van der Waals surface area contributed by atoms with Crippen LogP contribution < -0.4 is 4.90 Å². The highest BCUT2D eigenvalue weighted by atomic mass is 35.5. The number of alkyl halides is 1. The number of piperidine rings is 1. The summed E-state index contributed by atoms with van der Waals surface area (Å²) < 4.78 is 0. The molecule has 0 saturated carbocycles. The summed E-state index contributed by atoms with van der Waals surface area (Å²) in [6.45, 7) is 4.11. The Morgan fingerprint density at radius 2 is 2.00 bits per heavy atom. The Balaban J connectivity index is 2.04. The van der Waals surface area contributed by atoms with Gasteiger partial charge in [0.15, 0.2) is 0 Å². The minimum absolute atomic E-state index is 0.680. The molecular formula is C11H16ClN3. The maximum absolute atomic E-state index is 5.86. The third kappa shape index (κ3) is 2.40. The fourth-order valence-electron chi connectivity index (χ4n) is 2.01. The van der Waals surface area contributed by atoms with Gasteiger partial charge in [0.25, 0.3) is 0 Å². The third-order valence-corrected chi connectivity index (χ3v) is 3.42. The first-order valence-corrected chi connectivity index (χ1v) is 5.93. The molecule has 2 heterocycles. The zero-order chi connectivity index (χ0) is 10.7. The van der Waals surface area contributed by atoms with E-state index in [9.17, 15) is 0 Å². The standard InChI is InChI=1S/C11H16ClN3/c1-9-11(14-5-4-13-9)15-6-2-10(8-12)3-7-15/h4-5,10H,2-3,6-8H2,1H3. The fraction of sp³-hybridized carbons (Fsp3) is 0.636. The van der Waals surface area contributed by atoms with Gasteiger partial charge >= 0.3 is 0 Å².